The van der Waals surface area contributed by atoms with Gasteiger partial charge in [-0.1, -0.05) is 6.07 Å². The van der Waals surface area contributed by atoms with Crippen LogP contribution in [0.3, 0.4) is 0 Å². The minimum Gasteiger partial charge on any atom is -0.460 e. The summed E-state index contributed by atoms with van der Waals surface area (Å²) in [6.45, 7) is 4.91. The quantitative estimate of drug-likeness (QED) is 0.392. The van der Waals surface area contributed by atoms with Crippen LogP contribution in [0.2, 0.25) is 0 Å². The Hall–Kier alpha value is -2.03. The van der Waals surface area contributed by atoms with Crippen molar-refractivity contribution < 1.29 is 35.9 Å². The summed E-state index contributed by atoms with van der Waals surface area (Å²) in [7, 11) is 0. The summed E-state index contributed by atoms with van der Waals surface area (Å²) in [5.41, 5.74) is -3.86. The number of thiophene rings is 1. The van der Waals surface area contributed by atoms with Crippen molar-refractivity contribution in [1.29, 1.82) is 0 Å². The average molecular weight is 438 g/mol. The number of alkyl halides is 6. The first-order chi connectivity index (χ1) is 13.1. The summed E-state index contributed by atoms with van der Waals surface area (Å²) < 4.78 is 84.0. The van der Waals surface area contributed by atoms with Gasteiger partial charge in [-0.05, 0) is 68.8 Å². The third-order valence-electron chi connectivity index (χ3n) is 3.90. The van der Waals surface area contributed by atoms with E-state index in [0.29, 0.717) is 12.1 Å². The second kappa shape index (κ2) is 8.38. The highest BCUT2D eigenvalue weighted by Crippen LogP contribution is 2.37. The summed E-state index contributed by atoms with van der Waals surface area (Å²) in [6.07, 6.45) is -10.0. The summed E-state index contributed by atoms with van der Waals surface area (Å²) in [6, 6.07) is 4.88. The minimum atomic E-state index is -4.94. The van der Waals surface area contributed by atoms with Gasteiger partial charge in [-0.3, -0.25) is 4.79 Å². The van der Waals surface area contributed by atoms with Gasteiger partial charge in [0.2, 0.25) is 0 Å². The lowest BCUT2D eigenvalue weighted by atomic mass is 9.92. The molecule has 29 heavy (non-hydrogen) atoms. The van der Waals surface area contributed by atoms with E-state index in [4.69, 9.17) is 4.74 Å². The molecular formula is C20H20F6O2S. The highest BCUT2D eigenvalue weighted by atomic mass is 32.1. The normalized spacial score (nSPS) is 14.0. The van der Waals surface area contributed by atoms with E-state index in [1.165, 1.54) is 11.3 Å². The van der Waals surface area contributed by atoms with Crippen molar-refractivity contribution in [3.63, 3.8) is 0 Å². The van der Waals surface area contributed by atoms with Gasteiger partial charge in [-0.2, -0.15) is 26.3 Å². The summed E-state index contributed by atoms with van der Waals surface area (Å²) >= 11 is 1.34. The standard InChI is InChI=1S/C20H20F6O2S/c1-18(2,3)28-17(27)13(10-16-5-4-6-29-16)7-12-8-14(19(21,22)23)11-15(9-12)20(24,25)26/h4-6,8-9,11,13H,7,10H2,1-3H3/t13-/m0/s1. The van der Waals surface area contributed by atoms with E-state index >= 15 is 0 Å². The Morgan fingerprint density at radius 3 is 1.93 bits per heavy atom. The molecule has 0 spiro atoms. The van der Waals surface area contributed by atoms with Crippen LogP contribution in [0.25, 0.3) is 0 Å². The van der Waals surface area contributed by atoms with Crippen LogP contribution < -0.4 is 0 Å². The van der Waals surface area contributed by atoms with Crippen LogP contribution in [0.5, 0.6) is 0 Å². The summed E-state index contributed by atoms with van der Waals surface area (Å²) in [4.78, 5) is 13.4. The molecule has 2 rings (SSSR count). The molecule has 0 radical (unpaired) electrons. The molecule has 0 bridgehead atoms. The first kappa shape index (κ1) is 23.3. The van der Waals surface area contributed by atoms with Crippen molar-refractivity contribution in [2.45, 2.75) is 51.6 Å². The molecule has 2 nitrogen and oxygen atoms in total. The van der Waals surface area contributed by atoms with E-state index in [9.17, 15) is 31.1 Å². The average Bonchev–Trinajstić information content (AvgIpc) is 3.03. The Morgan fingerprint density at radius 2 is 1.52 bits per heavy atom. The number of hydrogen-bond donors (Lipinski definition) is 0. The third-order valence-corrected chi connectivity index (χ3v) is 4.80. The van der Waals surface area contributed by atoms with Crippen LogP contribution in [0, 0.1) is 5.92 Å². The van der Waals surface area contributed by atoms with Crippen molar-refractivity contribution in [2.75, 3.05) is 0 Å². The molecule has 0 fully saturated rings. The van der Waals surface area contributed by atoms with E-state index < -0.39 is 41.0 Å². The number of benzene rings is 1. The number of rotatable bonds is 5. The van der Waals surface area contributed by atoms with Crippen molar-refractivity contribution in [2.24, 2.45) is 5.92 Å². The Balaban J connectivity index is 2.41. The van der Waals surface area contributed by atoms with E-state index in [0.717, 1.165) is 4.88 Å². The maximum absolute atomic E-state index is 13.1. The monoisotopic (exact) mass is 438 g/mol. The van der Waals surface area contributed by atoms with Gasteiger partial charge in [0.25, 0.3) is 0 Å². The molecular weight excluding hydrogens is 418 g/mol. The molecule has 0 aliphatic carbocycles. The second-order valence-corrected chi connectivity index (χ2v) is 8.66. The first-order valence-corrected chi connectivity index (χ1v) is 9.57. The van der Waals surface area contributed by atoms with Crippen molar-refractivity contribution in [3.05, 3.63) is 57.3 Å². The fraction of sp³-hybridized carbons (Fsp3) is 0.450. The van der Waals surface area contributed by atoms with Crippen molar-refractivity contribution in [1.82, 2.24) is 0 Å². The van der Waals surface area contributed by atoms with E-state index in [1.807, 2.05) is 0 Å². The Labute approximate surface area is 168 Å². The molecule has 1 heterocycles. The zero-order valence-corrected chi connectivity index (χ0v) is 16.8. The zero-order valence-electron chi connectivity index (χ0n) is 15.9. The lowest BCUT2D eigenvalue weighted by Gasteiger charge is -2.24. The lowest BCUT2D eigenvalue weighted by molar-refractivity contribution is -0.159. The van der Waals surface area contributed by atoms with Crippen LogP contribution in [0.4, 0.5) is 26.3 Å². The first-order valence-electron chi connectivity index (χ1n) is 8.69. The minimum absolute atomic E-state index is 0.0747. The SMILES string of the molecule is CC(C)(C)OC(=O)[C@@H](Cc1cc(C(F)(F)F)cc(C(F)(F)F)c1)Cc1cccs1. The van der Waals surface area contributed by atoms with Crippen LogP contribution in [0.1, 0.15) is 42.3 Å². The molecule has 0 saturated heterocycles. The Kier molecular flexibility index (Phi) is 6.71. The largest absolute Gasteiger partial charge is 0.460 e. The highest BCUT2D eigenvalue weighted by Gasteiger charge is 2.37. The smallest absolute Gasteiger partial charge is 0.416 e. The fourth-order valence-electron chi connectivity index (χ4n) is 2.72. The Morgan fingerprint density at radius 1 is 0.966 bits per heavy atom. The molecule has 0 N–H and O–H groups in total. The van der Waals surface area contributed by atoms with Crippen LogP contribution >= 0.6 is 11.3 Å². The van der Waals surface area contributed by atoms with Crippen molar-refractivity contribution in [3.8, 4) is 0 Å². The maximum Gasteiger partial charge on any atom is 0.416 e. The molecule has 1 atom stereocenters. The van der Waals surface area contributed by atoms with Crippen molar-refractivity contribution >= 4 is 17.3 Å². The maximum atomic E-state index is 13.1. The van der Waals surface area contributed by atoms with Gasteiger partial charge < -0.3 is 4.74 Å². The predicted octanol–water partition coefficient (Wildman–Crippen LogP) is 6.53. The molecule has 0 amide bonds. The van der Waals surface area contributed by atoms with Crippen LogP contribution in [-0.4, -0.2) is 11.6 Å². The number of ether oxygens (including phenoxy) is 1. The third kappa shape index (κ3) is 7.06. The topological polar surface area (TPSA) is 26.3 Å². The van der Waals surface area contributed by atoms with Gasteiger partial charge in [0, 0.05) is 4.88 Å². The molecule has 0 aliphatic heterocycles. The van der Waals surface area contributed by atoms with Gasteiger partial charge in [0.05, 0.1) is 17.0 Å². The van der Waals surface area contributed by atoms with E-state index in [1.54, 1.807) is 38.3 Å². The molecule has 2 aromatic rings. The number of hydrogen-bond acceptors (Lipinski definition) is 3. The number of carbonyl (C=O) groups excluding carboxylic acids is 1. The fourth-order valence-corrected chi connectivity index (χ4v) is 3.50. The molecule has 0 aliphatic rings. The lowest BCUT2D eigenvalue weighted by Crippen LogP contribution is -2.31. The molecule has 160 valence electrons. The molecule has 1 aromatic carbocycles. The molecule has 9 heteroatoms. The number of halogens is 6. The van der Waals surface area contributed by atoms with Gasteiger partial charge in [-0.15, -0.1) is 11.3 Å². The highest BCUT2D eigenvalue weighted by molar-refractivity contribution is 7.09. The van der Waals surface area contributed by atoms with Gasteiger partial charge in [0.1, 0.15) is 5.60 Å². The molecule has 0 saturated carbocycles. The Bertz CT molecular complexity index is 800. The predicted molar refractivity (Wildman–Crippen MR) is 97.5 cm³/mol. The van der Waals surface area contributed by atoms with E-state index in [2.05, 4.69) is 0 Å². The zero-order chi connectivity index (χ0) is 22.0. The summed E-state index contributed by atoms with van der Waals surface area (Å²) in [5, 5.41) is 1.77. The molecule has 0 unspecified atom stereocenters. The second-order valence-electron chi connectivity index (χ2n) is 7.63. The van der Waals surface area contributed by atoms with Gasteiger partial charge in [0.15, 0.2) is 0 Å². The van der Waals surface area contributed by atoms with Crippen LogP contribution in [-0.2, 0) is 34.7 Å². The van der Waals surface area contributed by atoms with E-state index in [-0.39, 0.29) is 24.5 Å². The molecule has 1 aromatic heterocycles. The van der Waals surface area contributed by atoms with Gasteiger partial charge in [-0.25, -0.2) is 0 Å². The summed E-state index contributed by atoms with van der Waals surface area (Å²) in [5.74, 6) is -1.59. The van der Waals surface area contributed by atoms with Gasteiger partial charge >= 0.3 is 18.3 Å². The van der Waals surface area contributed by atoms with Crippen LogP contribution in [0.15, 0.2) is 35.7 Å². The number of esters is 1. The number of carbonyl (C=O) groups is 1.